The van der Waals surface area contributed by atoms with Gasteiger partial charge in [-0.05, 0) is 18.4 Å². The Bertz CT molecular complexity index is 613. The molecule has 0 aliphatic carbocycles. The number of carbonyl (C=O) groups excluding carboxylic acids is 1. The Kier molecular flexibility index (Phi) is 7.74. The summed E-state index contributed by atoms with van der Waals surface area (Å²) in [5.41, 5.74) is 0.841. The fourth-order valence-corrected chi connectivity index (χ4v) is 3.96. The van der Waals surface area contributed by atoms with Gasteiger partial charge in [0.25, 0.3) is 0 Å². The average Bonchev–Trinajstić information content (AvgIpc) is 2.51. The van der Waals surface area contributed by atoms with Crippen LogP contribution in [-0.2, 0) is 25.8 Å². The molecule has 1 rings (SSSR count). The average molecular weight is 341 g/mol. The third-order valence-electron chi connectivity index (χ3n) is 3.37. The minimum absolute atomic E-state index is 0.0427. The first-order valence-corrected chi connectivity index (χ1v) is 9.40. The molecule has 0 aliphatic rings. The zero-order valence-corrected chi connectivity index (χ0v) is 14.0. The fourth-order valence-electron chi connectivity index (χ4n) is 2.19. The summed E-state index contributed by atoms with van der Waals surface area (Å²) in [4.78, 5) is 22.7. The Morgan fingerprint density at radius 3 is 2.43 bits per heavy atom. The van der Waals surface area contributed by atoms with Crippen molar-refractivity contribution in [2.45, 2.75) is 26.2 Å². The van der Waals surface area contributed by atoms with E-state index in [0.29, 0.717) is 6.42 Å². The van der Waals surface area contributed by atoms with E-state index in [1.807, 2.05) is 37.3 Å². The summed E-state index contributed by atoms with van der Waals surface area (Å²) >= 11 is 0. The molecule has 0 saturated heterocycles. The minimum Gasteiger partial charge on any atom is -0.480 e. The number of carbonyl (C=O) groups is 2. The van der Waals surface area contributed by atoms with Gasteiger partial charge in [-0.3, -0.25) is 9.59 Å². The van der Waals surface area contributed by atoms with E-state index in [1.54, 1.807) is 0 Å². The number of benzene rings is 1. The van der Waals surface area contributed by atoms with E-state index in [4.69, 9.17) is 5.11 Å². The Labute approximate surface area is 136 Å². The predicted molar refractivity (Wildman–Crippen MR) is 87.8 cm³/mol. The molecule has 1 aromatic rings. The highest BCUT2D eigenvalue weighted by Crippen LogP contribution is 2.13. The topological polar surface area (TPSA) is 101 Å². The van der Waals surface area contributed by atoms with Gasteiger partial charge < -0.3 is 10.4 Å². The Morgan fingerprint density at radius 1 is 1.22 bits per heavy atom. The van der Waals surface area contributed by atoms with Crippen LogP contribution in [0, 0.1) is 5.92 Å². The molecule has 2 N–H and O–H groups in total. The summed E-state index contributed by atoms with van der Waals surface area (Å²) in [5.74, 6) is -2.73. The lowest BCUT2D eigenvalue weighted by Crippen LogP contribution is -2.39. The van der Waals surface area contributed by atoms with Crippen molar-refractivity contribution in [1.82, 2.24) is 5.32 Å². The van der Waals surface area contributed by atoms with Crippen molar-refractivity contribution in [3.8, 4) is 0 Å². The molecule has 0 saturated carbocycles. The van der Waals surface area contributed by atoms with Crippen LogP contribution in [0.4, 0.5) is 0 Å². The molecule has 0 fully saturated rings. The van der Waals surface area contributed by atoms with Crippen molar-refractivity contribution >= 4 is 21.7 Å². The highest BCUT2D eigenvalue weighted by Gasteiger charge is 2.25. The molecule has 0 bridgehead atoms. The van der Waals surface area contributed by atoms with Crippen LogP contribution in [0.3, 0.4) is 0 Å². The van der Waals surface area contributed by atoms with Gasteiger partial charge in [0.1, 0.15) is 6.54 Å². The lowest BCUT2D eigenvalue weighted by molar-refractivity contribution is -0.138. The largest absolute Gasteiger partial charge is 0.480 e. The summed E-state index contributed by atoms with van der Waals surface area (Å²) in [5, 5.41) is 10.9. The van der Waals surface area contributed by atoms with Crippen LogP contribution in [0.5, 0.6) is 0 Å². The van der Waals surface area contributed by atoms with Gasteiger partial charge in [0.05, 0.1) is 17.4 Å². The molecule has 0 aromatic heterocycles. The molecule has 7 heteroatoms. The van der Waals surface area contributed by atoms with Gasteiger partial charge in [-0.15, -0.1) is 0 Å². The van der Waals surface area contributed by atoms with Crippen molar-refractivity contribution in [2.75, 3.05) is 18.1 Å². The molecule has 1 amide bonds. The van der Waals surface area contributed by atoms with Crippen LogP contribution in [-0.4, -0.2) is 43.5 Å². The number of unbranched alkanes of at least 4 members (excludes halogenated alkanes) is 1. The second kappa shape index (κ2) is 9.29. The quantitative estimate of drug-likeness (QED) is 0.667. The standard InChI is InChI=1S/C16H23NO5S/c1-2-3-9-23(21,22)12-14(16(20)17-11-15(18)19)10-13-7-5-4-6-8-13/h4-8,14H,2-3,9-12H2,1H3,(H,17,20)(H,18,19). The van der Waals surface area contributed by atoms with Crippen molar-refractivity contribution < 1.29 is 23.1 Å². The van der Waals surface area contributed by atoms with Gasteiger partial charge in [0.2, 0.25) is 5.91 Å². The maximum absolute atomic E-state index is 12.2. The summed E-state index contributed by atoms with van der Waals surface area (Å²) in [6.45, 7) is 1.38. The summed E-state index contributed by atoms with van der Waals surface area (Å²) in [6, 6.07) is 9.09. The van der Waals surface area contributed by atoms with E-state index in [9.17, 15) is 18.0 Å². The zero-order chi connectivity index (χ0) is 17.3. The number of sulfone groups is 1. The minimum atomic E-state index is -3.35. The highest BCUT2D eigenvalue weighted by molar-refractivity contribution is 7.91. The second-order valence-corrected chi connectivity index (χ2v) is 7.69. The van der Waals surface area contributed by atoms with Gasteiger partial charge in [-0.1, -0.05) is 43.7 Å². The molecule has 0 radical (unpaired) electrons. The number of amides is 1. The molecule has 1 atom stereocenters. The summed E-state index contributed by atoms with van der Waals surface area (Å²) < 4.78 is 24.3. The second-order valence-electron chi connectivity index (χ2n) is 5.47. The van der Waals surface area contributed by atoms with Crippen LogP contribution in [0.15, 0.2) is 30.3 Å². The maximum Gasteiger partial charge on any atom is 0.322 e. The van der Waals surface area contributed by atoms with Gasteiger partial charge in [-0.25, -0.2) is 8.42 Å². The molecular weight excluding hydrogens is 318 g/mol. The summed E-state index contributed by atoms with van der Waals surface area (Å²) in [7, 11) is -3.35. The number of nitrogens with one attached hydrogen (secondary N) is 1. The van der Waals surface area contributed by atoms with E-state index in [2.05, 4.69) is 5.32 Å². The van der Waals surface area contributed by atoms with Crippen LogP contribution >= 0.6 is 0 Å². The molecule has 0 spiro atoms. The van der Waals surface area contributed by atoms with E-state index in [0.717, 1.165) is 12.0 Å². The van der Waals surface area contributed by atoms with E-state index >= 15 is 0 Å². The van der Waals surface area contributed by atoms with Crippen LogP contribution in [0.1, 0.15) is 25.3 Å². The van der Waals surface area contributed by atoms with E-state index in [1.165, 1.54) is 0 Å². The smallest absolute Gasteiger partial charge is 0.322 e. The van der Waals surface area contributed by atoms with Crippen molar-refractivity contribution in [1.29, 1.82) is 0 Å². The van der Waals surface area contributed by atoms with Crippen molar-refractivity contribution in [2.24, 2.45) is 5.92 Å². The maximum atomic E-state index is 12.2. The first-order chi connectivity index (χ1) is 10.8. The van der Waals surface area contributed by atoms with Gasteiger partial charge >= 0.3 is 5.97 Å². The number of carboxylic acids is 1. The van der Waals surface area contributed by atoms with Crippen LogP contribution < -0.4 is 5.32 Å². The van der Waals surface area contributed by atoms with Crippen molar-refractivity contribution in [3.05, 3.63) is 35.9 Å². The first-order valence-electron chi connectivity index (χ1n) is 7.58. The number of hydrogen-bond donors (Lipinski definition) is 2. The molecule has 1 aromatic carbocycles. The molecule has 23 heavy (non-hydrogen) atoms. The number of carboxylic acid groups (broad SMARTS) is 1. The van der Waals surface area contributed by atoms with Gasteiger partial charge in [0, 0.05) is 0 Å². The van der Waals surface area contributed by atoms with Crippen LogP contribution in [0.2, 0.25) is 0 Å². The fraction of sp³-hybridized carbons (Fsp3) is 0.500. The van der Waals surface area contributed by atoms with Gasteiger partial charge in [0.15, 0.2) is 9.84 Å². The molecule has 128 valence electrons. The first kappa shape index (κ1) is 19.2. The molecule has 0 aliphatic heterocycles. The third kappa shape index (κ3) is 7.78. The summed E-state index contributed by atoms with van der Waals surface area (Å²) in [6.07, 6.45) is 1.57. The lowest BCUT2D eigenvalue weighted by Gasteiger charge is -2.16. The Hall–Kier alpha value is -1.89. The molecule has 1 unspecified atom stereocenters. The third-order valence-corrected chi connectivity index (χ3v) is 5.19. The van der Waals surface area contributed by atoms with E-state index < -0.39 is 34.2 Å². The van der Waals surface area contributed by atoms with E-state index in [-0.39, 0.29) is 17.9 Å². The van der Waals surface area contributed by atoms with Crippen LogP contribution in [0.25, 0.3) is 0 Å². The Morgan fingerprint density at radius 2 is 1.87 bits per heavy atom. The zero-order valence-electron chi connectivity index (χ0n) is 13.2. The molecular formula is C16H23NO5S. The SMILES string of the molecule is CCCCS(=O)(=O)CC(Cc1ccccc1)C(=O)NCC(=O)O. The Balaban J connectivity index is 2.83. The lowest BCUT2D eigenvalue weighted by atomic mass is 10.0. The number of hydrogen-bond acceptors (Lipinski definition) is 4. The monoisotopic (exact) mass is 341 g/mol. The highest BCUT2D eigenvalue weighted by atomic mass is 32.2. The number of aliphatic carboxylic acids is 1. The number of rotatable bonds is 10. The van der Waals surface area contributed by atoms with Crippen molar-refractivity contribution in [3.63, 3.8) is 0 Å². The molecule has 6 nitrogen and oxygen atoms in total. The normalized spacial score (nSPS) is 12.6. The predicted octanol–water partition coefficient (Wildman–Crippen LogP) is 1.26. The van der Waals surface area contributed by atoms with Gasteiger partial charge in [-0.2, -0.15) is 0 Å². The molecule has 0 heterocycles.